The van der Waals surface area contributed by atoms with Crippen molar-refractivity contribution >= 4 is 5.91 Å². The van der Waals surface area contributed by atoms with E-state index in [0.29, 0.717) is 5.56 Å². The van der Waals surface area contributed by atoms with E-state index in [9.17, 15) is 4.79 Å². The molecule has 0 spiro atoms. The Bertz CT molecular complexity index is 654. The summed E-state index contributed by atoms with van der Waals surface area (Å²) in [5, 5.41) is 3.35. The molecule has 3 rings (SSSR count). The first-order chi connectivity index (χ1) is 9.56. The number of hydrazine groups is 1. The van der Waals surface area contributed by atoms with Crippen LogP contribution in [-0.4, -0.2) is 30.0 Å². The van der Waals surface area contributed by atoms with Gasteiger partial charge in [-0.3, -0.25) is 10.5 Å². The summed E-state index contributed by atoms with van der Waals surface area (Å²) < 4.78 is 0. The molecule has 0 saturated carbocycles. The molecule has 1 atom stereocenters. The van der Waals surface area contributed by atoms with Gasteiger partial charge < -0.3 is 0 Å². The lowest BCUT2D eigenvalue weighted by Gasteiger charge is -2.39. The summed E-state index contributed by atoms with van der Waals surface area (Å²) in [5.41, 5.74) is 8.12. The van der Waals surface area contributed by atoms with E-state index in [1.165, 1.54) is 0 Å². The Hall–Kier alpha value is -2.17. The van der Waals surface area contributed by atoms with Crippen LogP contribution < -0.4 is 5.73 Å². The highest BCUT2D eigenvalue weighted by atomic mass is 16.2. The van der Waals surface area contributed by atoms with E-state index >= 15 is 0 Å². The molecule has 0 radical (unpaired) electrons. The number of benzene rings is 2. The molecule has 0 bridgehead atoms. The van der Waals surface area contributed by atoms with E-state index < -0.39 is 5.66 Å². The number of hydrogen-bond donors (Lipinski definition) is 1. The van der Waals surface area contributed by atoms with Gasteiger partial charge in [-0.05, 0) is 11.6 Å². The molecule has 102 valence electrons. The smallest absolute Gasteiger partial charge is 0.270 e. The van der Waals surface area contributed by atoms with Crippen molar-refractivity contribution in [1.29, 1.82) is 0 Å². The SMILES string of the molecule is CN(C)N1C(=O)c2ccccc2C1(N)c1ccccc1. The average molecular weight is 267 g/mol. The van der Waals surface area contributed by atoms with E-state index in [4.69, 9.17) is 5.73 Å². The van der Waals surface area contributed by atoms with Crippen LogP contribution in [0.25, 0.3) is 0 Å². The van der Waals surface area contributed by atoms with Crippen LogP contribution in [0.1, 0.15) is 21.5 Å². The zero-order valence-electron chi connectivity index (χ0n) is 11.6. The van der Waals surface area contributed by atoms with Gasteiger partial charge in [-0.15, -0.1) is 0 Å². The highest BCUT2D eigenvalue weighted by Crippen LogP contribution is 2.40. The van der Waals surface area contributed by atoms with E-state index in [0.717, 1.165) is 11.1 Å². The van der Waals surface area contributed by atoms with Crippen molar-refractivity contribution in [3.8, 4) is 0 Å². The number of carbonyl (C=O) groups excluding carboxylic acids is 1. The Balaban J connectivity index is 2.28. The monoisotopic (exact) mass is 267 g/mol. The number of hydrogen-bond acceptors (Lipinski definition) is 3. The zero-order chi connectivity index (χ0) is 14.3. The highest BCUT2D eigenvalue weighted by molar-refractivity contribution is 6.00. The van der Waals surface area contributed by atoms with Crippen molar-refractivity contribution in [2.24, 2.45) is 5.73 Å². The largest absolute Gasteiger partial charge is 0.300 e. The standard InChI is InChI=1S/C16H17N3O/c1-18(2)19-15(20)13-10-6-7-11-14(13)16(19,17)12-8-4-3-5-9-12/h3-11H,17H2,1-2H3. The summed E-state index contributed by atoms with van der Waals surface area (Å²) in [6, 6.07) is 17.2. The van der Waals surface area contributed by atoms with Gasteiger partial charge in [0.05, 0.1) is 0 Å². The van der Waals surface area contributed by atoms with Crippen molar-refractivity contribution < 1.29 is 4.79 Å². The molecule has 4 nitrogen and oxygen atoms in total. The van der Waals surface area contributed by atoms with E-state index in [2.05, 4.69) is 0 Å². The first kappa shape index (κ1) is 12.8. The van der Waals surface area contributed by atoms with Crippen molar-refractivity contribution in [2.45, 2.75) is 5.66 Å². The van der Waals surface area contributed by atoms with Crippen molar-refractivity contribution in [3.63, 3.8) is 0 Å². The minimum atomic E-state index is -0.960. The fourth-order valence-electron chi connectivity index (χ4n) is 2.86. The third-order valence-electron chi connectivity index (χ3n) is 3.71. The summed E-state index contributed by atoms with van der Waals surface area (Å²) in [6.07, 6.45) is 0. The van der Waals surface area contributed by atoms with Crippen LogP contribution in [0.15, 0.2) is 54.6 Å². The molecule has 1 aliphatic heterocycles. The second-order valence-electron chi connectivity index (χ2n) is 5.14. The van der Waals surface area contributed by atoms with Gasteiger partial charge in [-0.2, -0.15) is 0 Å². The summed E-state index contributed by atoms with van der Waals surface area (Å²) in [7, 11) is 3.66. The first-order valence-corrected chi connectivity index (χ1v) is 6.52. The number of nitrogens with zero attached hydrogens (tertiary/aromatic N) is 2. The van der Waals surface area contributed by atoms with Crippen LogP contribution in [0.4, 0.5) is 0 Å². The number of amides is 1. The minimum absolute atomic E-state index is 0.0723. The van der Waals surface area contributed by atoms with Gasteiger partial charge in [-0.25, -0.2) is 10.0 Å². The maximum absolute atomic E-state index is 12.6. The molecule has 0 saturated heterocycles. The molecule has 0 fully saturated rings. The molecule has 1 aliphatic rings. The lowest BCUT2D eigenvalue weighted by molar-refractivity contribution is -0.0245. The molecule has 1 heterocycles. The first-order valence-electron chi connectivity index (χ1n) is 6.52. The zero-order valence-corrected chi connectivity index (χ0v) is 11.6. The molecule has 2 N–H and O–H groups in total. The normalized spacial score (nSPS) is 21.4. The number of nitrogens with two attached hydrogens (primary N) is 1. The third-order valence-corrected chi connectivity index (χ3v) is 3.71. The Labute approximate surface area is 118 Å². The Morgan fingerprint density at radius 3 is 2.25 bits per heavy atom. The van der Waals surface area contributed by atoms with Crippen LogP contribution in [-0.2, 0) is 5.66 Å². The molecule has 1 amide bonds. The quantitative estimate of drug-likeness (QED) is 0.902. The van der Waals surface area contributed by atoms with Crippen LogP contribution in [0.2, 0.25) is 0 Å². The topological polar surface area (TPSA) is 49.6 Å². The van der Waals surface area contributed by atoms with Crippen molar-refractivity contribution in [2.75, 3.05) is 14.1 Å². The predicted molar refractivity (Wildman–Crippen MR) is 77.7 cm³/mol. The van der Waals surface area contributed by atoms with E-state index in [-0.39, 0.29) is 5.91 Å². The molecule has 0 aromatic heterocycles. The molecule has 0 aliphatic carbocycles. The lowest BCUT2D eigenvalue weighted by atomic mass is 9.92. The number of carbonyl (C=O) groups is 1. The summed E-state index contributed by atoms with van der Waals surface area (Å²) in [6.45, 7) is 0. The van der Waals surface area contributed by atoms with Crippen molar-refractivity contribution in [1.82, 2.24) is 10.0 Å². The summed E-state index contributed by atoms with van der Waals surface area (Å²) in [4.78, 5) is 12.6. The fourth-order valence-corrected chi connectivity index (χ4v) is 2.86. The highest BCUT2D eigenvalue weighted by Gasteiger charge is 2.49. The molecular formula is C16H17N3O. The van der Waals surface area contributed by atoms with Gasteiger partial charge in [0, 0.05) is 25.2 Å². The number of fused-ring (bicyclic) bond motifs is 1. The van der Waals surface area contributed by atoms with Crippen LogP contribution >= 0.6 is 0 Å². The van der Waals surface area contributed by atoms with Gasteiger partial charge >= 0.3 is 0 Å². The Morgan fingerprint density at radius 1 is 1.00 bits per heavy atom. The summed E-state index contributed by atoms with van der Waals surface area (Å²) in [5.74, 6) is -0.0723. The van der Waals surface area contributed by atoms with E-state index in [1.807, 2.05) is 68.7 Å². The Kier molecular flexibility index (Phi) is 2.85. The van der Waals surface area contributed by atoms with Gasteiger partial charge in [-0.1, -0.05) is 48.5 Å². The molecule has 20 heavy (non-hydrogen) atoms. The Morgan fingerprint density at radius 2 is 1.60 bits per heavy atom. The van der Waals surface area contributed by atoms with E-state index in [1.54, 1.807) is 10.0 Å². The second kappa shape index (κ2) is 4.44. The van der Waals surface area contributed by atoms with Gasteiger partial charge in [0.2, 0.25) is 0 Å². The van der Waals surface area contributed by atoms with Crippen LogP contribution in [0.5, 0.6) is 0 Å². The number of rotatable bonds is 2. The maximum atomic E-state index is 12.6. The average Bonchev–Trinajstić information content (AvgIpc) is 2.70. The van der Waals surface area contributed by atoms with Gasteiger partial charge in [0.25, 0.3) is 5.91 Å². The summed E-state index contributed by atoms with van der Waals surface area (Å²) >= 11 is 0. The lowest BCUT2D eigenvalue weighted by Crippen LogP contribution is -2.57. The molecule has 1 unspecified atom stereocenters. The minimum Gasteiger partial charge on any atom is -0.300 e. The molecule has 4 heteroatoms. The maximum Gasteiger partial charge on any atom is 0.270 e. The van der Waals surface area contributed by atoms with Gasteiger partial charge in [0.1, 0.15) is 0 Å². The molecular weight excluding hydrogens is 250 g/mol. The van der Waals surface area contributed by atoms with Crippen LogP contribution in [0, 0.1) is 0 Å². The fraction of sp³-hybridized carbons (Fsp3) is 0.188. The molecule has 2 aromatic rings. The second-order valence-corrected chi connectivity index (χ2v) is 5.14. The van der Waals surface area contributed by atoms with Gasteiger partial charge in [0.15, 0.2) is 5.66 Å². The third kappa shape index (κ3) is 1.59. The molecule has 2 aromatic carbocycles. The van der Waals surface area contributed by atoms with Crippen LogP contribution in [0.3, 0.4) is 0 Å². The predicted octanol–water partition coefficient (Wildman–Crippen LogP) is 1.78. The van der Waals surface area contributed by atoms with Crippen molar-refractivity contribution in [3.05, 3.63) is 71.3 Å².